The molecule has 2 aromatic heterocycles. The van der Waals surface area contributed by atoms with E-state index in [4.69, 9.17) is 9.47 Å². The van der Waals surface area contributed by atoms with Crippen molar-refractivity contribution in [2.45, 2.75) is 105 Å². The Morgan fingerprint density at radius 3 is 2.06 bits per heavy atom. The summed E-state index contributed by atoms with van der Waals surface area (Å²) in [7, 11) is 2.80. The van der Waals surface area contributed by atoms with Crippen molar-refractivity contribution >= 4 is 23.9 Å². The Kier molecular flexibility index (Phi) is 15.7. The van der Waals surface area contributed by atoms with Gasteiger partial charge in [-0.2, -0.15) is 0 Å². The Balaban J connectivity index is 1.42. The van der Waals surface area contributed by atoms with Gasteiger partial charge in [0.25, 0.3) is 0 Å². The Hall–Kier alpha value is -6.02. The van der Waals surface area contributed by atoms with Crippen LogP contribution in [0.5, 0.6) is 5.88 Å². The van der Waals surface area contributed by atoms with E-state index in [1.54, 1.807) is 23.0 Å². The average Bonchev–Trinajstić information content (AvgIpc) is 3.56. The number of carbonyl (C=O) groups is 4. The quantitative estimate of drug-likeness (QED) is 0.0981. The van der Waals surface area contributed by atoms with Gasteiger partial charge in [0.05, 0.1) is 44.3 Å². The van der Waals surface area contributed by atoms with Crippen LogP contribution in [0.2, 0.25) is 0 Å². The predicted octanol–water partition coefficient (Wildman–Crippen LogP) is 6.09. The van der Waals surface area contributed by atoms with E-state index in [9.17, 15) is 24.3 Å². The molecule has 2 aromatic carbocycles. The highest BCUT2D eigenvalue weighted by Crippen LogP contribution is 2.30. The Bertz CT molecular complexity index is 2140. The normalized spacial score (nSPS) is 15.5. The molecule has 14 nitrogen and oxygen atoms in total. The van der Waals surface area contributed by atoms with E-state index in [2.05, 4.69) is 25.9 Å². The highest BCUT2D eigenvalue weighted by atomic mass is 16.5. The number of nitrogens with one attached hydrogen (secondary N) is 3. The molecule has 5 rings (SSSR count). The van der Waals surface area contributed by atoms with Crippen molar-refractivity contribution in [3.8, 4) is 17.1 Å². The first-order valence-electron chi connectivity index (χ1n) is 21.1. The lowest BCUT2D eigenvalue weighted by Crippen LogP contribution is -2.59. The molecular formula is C48H63N7O7. The second kappa shape index (κ2) is 20.7. The molecule has 3 heterocycles. The molecule has 5 atom stereocenters. The molecule has 0 aliphatic carbocycles. The van der Waals surface area contributed by atoms with Crippen LogP contribution >= 0.6 is 0 Å². The fourth-order valence-electron chi connectivity index (χ4n) is 7.86. The number of hydrogen-bond donors (Lipinski definition) is 4. The number of benzene rings is 2. The van der Waals surface area contributed by atoms with Crippen LogP contribution in [-0.4, -0.2) is 106 Å². The summed E-state index contributed by atoms with van der Waals surface area (Å²) < 4.78 is 10.2. The lowest BCUT2D eigenvalue weighted by molar-refractivity contribution is -0.131. The second-order valence-corrected chi connectivity index (χ2v) is 18.2. The molecule has 4 aromatic rings. The van der Waals surface area contributed by atoms with Gasteiger partial charge in [0, 0.05) is 36.5 Å². The van der Waals surface area contributed by atoms with Crippen molar-refractivity contribution in [3.05, 3.63) is 114 Å². The number of aromatic nitrogens is 2. The fraction of sp³-hybridized carbons (Fsp3) is 0.458. The van der Waals surface area contributed by atoms with Gasteiger partial charge < -0.3 is 40.3 Å². The number of pyridine rings is 2. The third-order valence-electron chi connectivity index (χ3n) is 11.0. The number of hydrogen-bond acceptors (Lipinski definition) is 9. The molecule has 1 fully saturated rings. The van der Waals surface area contributed by atoms with E-state index in [0.717, 1.165) is 33.8 Å². The molecule has 62 heavy (non-hydrogen) atoms. The summed E-state index contributed by atoms with van der Waals surface area (Å²) in [5, 5.41) is 21.2. The number of rotatable bonds is 17. The van der Waals surface area contributed by atoms with Crippen molar-refractivity contribution in [1.29, 1.82) is 0 Å². The van der Waals surface area contributed by atoms with Gasteiger partial charge in [-0.3, -0.25) is 14.6 Å². The predicted molar refractivity (Wildman–Crippen MR) is 238 cm³/mol. The van der Waals surface area contributed by atoms with E-state index >= 15 is 0 Å². The minimum absolute atomic E-state index is 0.0396. The summed E-state index contributed by atoms with van der Waals surface area (Å²) in [6.07, 6.45) is -1.28. The number of methoxy groups -OCH3 is 2. The van der Waals surface area contributed by atoms with Crippen LogP contribution in [0, 0.1) is 17.8 Å². The number of aryl methyl sites for hydroxylation is 1. The van der Waals surface area contributed by atoms with E-state index in [-0.39, 0.29) is 18.9 Å². The van der Waals surface area contributed by atoms with Gasteiger partial charge in [-0.1, -0.05) is 108 Å². The van der Waals surface area contributed by atoms with Crippen molar-refractivity contribution in [2.24, 2.45) is 10.8 Å². The fourth-order valence-corrected chi connectivity index (χ4v) is 7.86. The molecule has 1 aliphatic rings. The molecule has 0 spiro atoms. The third kappa shape index (κ3) is 12.8. The minimum atomic E-state index is -1.16. The van der Waals surface area contributed by atoms with Gasteiger partial charge >= 0.3 is 12.1 Å². The standard InChI is InChI=1S/C48H63N7O7/c1-31-15-13-18-35(49-31)30-54-25-26-55(46(54)60)42(48(5,6)7)44(58)52-38(28-32-16-11-10-12-17-32)39(56)29-36(50-43(57)41(47(2,3)4)53-45(59)62-9)27-33-21-23-34(24-22-33)37-19-14-20-40(51-37)61-8/h10-24,36,38-39,41-42,56H,25-30H2,1-9H3,(H,50,57)(H,52,58)(H,53,59)/t36-,38-,39-,41+,42+/m0/s1. The molecule has 332 valence electrons. The summed E-state index contributed by atoms with van der Waals surface area (Å²) in [6.45, 7) is 14.3. The Morgan fingerprint density at radius 2 is 1.44 bits per heavy atom. The van der Waals surface area contributed by atoms with Gasteiger partial charge in [-0.25, -0.2) is 14.6 Å². The van der Waals surface area contributed by atoms with E-state index < -0.39 is 59.0 Å². The third-order valence-corrected chi connectivity index (χ3v) is 11.0. The Morgan fingerprint density at radius 1 is 0.758 bits per heavy atom. The molecule has 5 amide bonds. The molecule has 0 saturated carbocycles. The van der Waals surface area contributed by atoms with Crippen molar-refractivity contribution in [1.82, 2.24) is 35.7 Å². The zero-order valence-electron chi connectivity index (χ0n) is 37.5. The zero-order valence-corrected chi connectivity index (χ0v) is 37.5. The number of aliphatic hydroxyl groups excluding tert-OH is 1. The van der Waals surface area contributed by atoms with Crippen LogP contribution in [0.25, 0.3) is 11.3 Å². The first kappa shape index (κ1) is 47.0. The largest absolute Gasteiger partial charge is 0.481 e. The minimum Gasteiger partial charge on any atom is -0.481 e. The maximum atomic E-state index is 14.6. The lowest BCUT2D eigenvalue weighted by Gasteiger charge is -2.38. The first-order chi connectivity index (χ1) is 29.4. The maximum Gasteiger partial charge on any atom is 0.407 e. The molecule has 1 aliphatic heterocycles. The van der Waals surface area contributed by atoms with Crippen LogP contribution < -0.4 is 20.7 Å². The number of urea groups is 1. The highest BCUT2D eigenvalue weighted by Gasteiger charge is 2.44. The smallest absolute Gasteiger partial charge is 0.407 e. The summed E-state index contributed by atoms with van der Waals surface area (Å²) in [4.78, 5) is 67.5. The van der Waals surface area contributed by atoms with Crippen LogP contribution in [0.1, 0.15) is 70.5 Å². The maximum absolute atomic E-state index is 14.6. The summed E-state index contributed by atoms with van der Waals surface area (Å²) >= 11 is 0. The molecule has 0 unspecified atom stereocenters. The van der Waals surface area contributed by atoms with Gasteiger partial charge in [0.1, 0.15) is 12.1 Å². The van der Waals surface area contributed by atoms with Crippen molar-refractivity contribution in [2.75, 3.05) is 27.3 Å². The zero-order chi connectivity index (χ0) is 45.2. The molecule has 1 saturated heterocycles. The van der Waals surface area contributed by atoms with Gasteiger partial charge in [0.2, 0.25) is 17.7 Å². The SMILES string of the molecule is COC(=O)N[C@H](C(=O)N[C@@H](Cc1ccc(-c2cccc(OC)n2)cc1)C[C@H](O)[C@H](Cc1ccccc1)NC(=O)[C@@H](N1CCN(Cc2cccc(C)n2)C1=O)C(C)(C)C)C(C)(C)C. The summed E-state index contributed by atoms with van der Waals surface area (Å²) in [5.74, 6) is -0.349. The lowest BCUT2D eigenvalue weighted by atomic mass is 9.84. The van der Waals surface area contributed by atoms with E-state index in [1.165, 1.54) is 7.11 Å². The Labute approximate surface area is 365 Å². The summed E-state index contributed by atoms with van der Waals surface area (Å²) in [5.41, 5.74) is 3.62. The number of amides is 5. The number of aliphatic hydroxyl groups is 1. The molecular weight excluding hydrogens is 787 g/mol. The van der Waals surface area contributed by atoms with Crippen LogP contribution in [0.3, 0.4) is 0 Å². The number of ether oxygens (including phenoxy) is 2. The van der Waals surface area contributed by atoms with Crippen LogP contribution in [-0.2, 0) is 33.7 Å². The molecule has 0 bridgehead atoms. The molecule has 4 N–H and O–H groups in total. The van der Waals surface area contributed by atoms with E-state index in [0.29, 0.717) is 31.9 Å². The number of alkyl carbamates (subject to hydrolysis) is 1. The van der Waals surface area contributed by atoms with Gasteiger partial charge in [0.15, 0.2) is 0 Å². The van der Waals surface area contributed by atoms with E-state index in [1.807, 2.05) is 133 Å². The molecule has 0 radical (unpaired) electrons. The first-order valence-corrected chi connectivity index (χ1v) is 21.1. The molecule has 14 heteroatoms. The van der Waals surface area contributed by atoms with Crippen molar-refractivity contribution in [3.63, 3.8) is 0 Å². The van der Waals surface area contributed by atoms with Crippen LogP contribution in [0.4, 0.5) is 9.59 Å². The highest BCUT2D eigenvalue weighted by molar-refractivity contribution is 5.89. The summed E-state index contributed by atoms with van der Waals surface area (Å²) in [6, 6.07) is 25.0. The van der Waals surface area contributed by atoms with Gasteiger partial charge in [-0.15, -0.1) is 0 Å². The van der Waals surface area contributed by atoms with Crippen LogP contribution in [0.15, 0.2) is 91.0 Å². The number of carbonyl (C=O) groups excluding carboxylic acids is 4. The average molecular weight is 850 g/mol. The van der Waals surface area contributed by atoms with Crippen molar-refractivity contribution < 1.29 is 33.8 Å². The second-order valence-electron chi connectivity index (χ2n) is 18.2. The number of nitrogens with zero attached hydrogens (tertiary/aromatic N) is 4. The topological polar surface area (TPSA) is 175 Å². The monoisotopic (exact) mass is 849 g/mol. The van der Waals surface area contributed by atoms with Gasteiger partial charge in [-0.05, 0) is 66.3 Å².